The predicted octanol–water partition coefficient (Wildman–Crippen LogP) is 2.39. The number of nitrogen functional groups attached to an aromatic ring is 1. The molecular weight excluding hydrogens is 340 g/mol. The lowest BCUT2D eigenvalue weighted by Crippen LogP contribution is -2.43. The van der Waals surface area contributed by atoms with Gasteiger partial charge in [-0.2, -0.15) is 0 Å². The number of para-hydroxylation sites is 1. The van der Waals surface area contributed by atoms with Gasteiger partial charge in [0.15, 0.2) is 5.69 Å². The first-order chi connectivity index (χ1) is 13.1. The third-order valence-corrected chi connectivity index (χ3v) is 4.81. The number of benzene rings is 1. The second kappa shape index (κ2) is 7.20. The van der Waals surface area contributed by atoms with Crippen LogP contribution in [0.2, 0.25) is 0 Å². The van der Waals surface area contributed by atoms with Crippen LogP contribution in [0.15, 0.2) is 48.8 Å². The molecule has 1 aromatic carbocycles. The third kappa shape index (κ3) is 3.54. The van der Waals surface area contributed by atoms with Crippen molar-refractivity contribution in [2.24, 2.45) is 5.73 Å². The Kier molecular flexibility index (Phi) is 4.60. The van der Waals surface area contributed by atoms with Crippen LogP contribution in [0.4, 0.5) is 17.1 Å². The number of aromatic nitrogens is 2. The summed E-state index contributed by atoms with van der Waals surface area (Å²) in [7, 11) is 0. The van der Waals surface area contributed by atoms with Crippen LogP contribution in [-0.2, 0) is 0 Å². The van der Waals surface area contributed by atoms with Crippen LogP contribution in [0.25, 0.3) is 10.9 Å². The number of amides is 1. The minimum atomic E-state index is -0.353. The molecule has 1 aliphatic heterocycles. The Morgan fingerprint density at radius 2 is 2.11 bits per heavy atom. The van der Waals surface area contributed by atoms with Gasteiger partial charge >= 0.3 is 0 Å². The van der Waals surface area contributed by atoms with Gasteiger partial charge in [0.1, 0.15) is 0 Å². The van der Waals surface area contributed by atoms with E-state index in [0.29, 0.717) is 11.4 Å². The van der Waals surface area contributed by atoms with Gasteiger partial charge in [-0.25, -0.2) is 4.98 Å². The van der Waals surface area contributed by atoms with Crippen molar-refractivity contribution in [2.45, 2.75) is 18.9 Å². The number of rotatable bonds is 3. The lowest BCUT2D eigenvalue weighted by molar-refractivity contribution is 0.102. The largest absolute Gasteiger partial charge is 0.397 e. The van der Waals surface area contributed by atoms with Gasteiger partial charge in [0.05, 0.1) is 28.8 Å². The summed E-state index contributed by atoms with van der Waals surface area (Å²) >= 11 is 0. The van der Waals surface area contributed by atoms with E-state index in [1.807, 2.05) is 30.3 Å². The zero-order chi connectivity index (χ0) is 18.8. The summed E-state index contributed by atoms with van der Waals surface area (Å²) in [4.78, 5) is 23.6. The van der Waals surface area contributed by atoms with Crippen LogP contribution in [0, 0.1) is 0 Å². The summed E-state index contributed by atoms with van der Waals surface area (Å²) in [5.41, 5.74) is 15.0. The highest BCUT2D eigenvalue weighted by Gasteiger charge is 2.21. The maximum atomic E-state index is 12.9. The van der Waals surface area contributed by atoms with Gasteiger partial charge in [-0.05, 0) is 31.0 Å². The van der Waals surface area contributed by atoms with Crippen LogP contribution in [0.1, 0.15) is 23.3 Å². The van der Waals surface area contributed by atoms with Crippen molar-refractivity contribution in [1.29, 1.82) is 0 Å². The molecule has 0 saturated carbocycles. The zero-order valence-electron chi connectivity index (χ0n) is 14.9. The number of nitrogens with one attached hydrogen (secondary N) is 1. The molecule has 1 saturated heterocycles. The van der Waals surface area contributed by atoms with E-state index in [4.69, 9.17) is 11.5 Å². The van der Waals surface area contributed by atoms with Crippen molar-refractivity contribution >= 4 is 33.9 Å². The lowest BCUT2D eigenvalue weighted by atomic mass is 10.1. The highest BCUT2D eigenvalue weighted by atomic mass is 16.1. The molecule has 1 fully saturated rings. The fraction of sp³-hybridized carbons (Fsp3) is 0.250. The molecule has 0 radical (unpaired) electrons. The summed E-state index contributed by atoms with van der Waals surface area (Å²) < 4.78 is 0. The SMILES string of the molecule is Nc1cc2ccccc2nc1C(=O)Nc1cnccc1N1CCCC(N)C1. The van der Waals surface area contributed by atoms with Crippen molar-refractivity contribution in [1.82, 2.24) is 9.97 Å². The number of piperidine rings is 1. The topological polar surface area (TPSA) is 110 Å². The average Bonchev–Trinajstić information content (AvgIpc) is 2.68. The fourth-order valence-corrected chi connectivity index (χ4v) is 3.48. The van der Waals surface area contributed by atoms with Gasteiger partial charge in [0, 0.05) is 30.7 Å². The van der Waals surface area contributed by atoms with Gasteiger partial charge in [-0.3, -0.25) is 9.78 Å². The number of anilines is 3. The van der Waals surface area contributed by atoms with Crippen LogP contribution >= 0.6 is 0 Å². The molecule has 7 heteroatoms. The summed E-state index contributed by atoms with van der Waals surface area (Å²) in [6.45, 7) is 1.65. The zero-order valence-corrected chi connectivity index (χ0v) is 14.9. The molecule has 7 nitrogen and oxygen atoms in total. The normalized spacial score (nSPS) is 17.1. The van der Waals surface area contributed by atoms with Crippen LogP contribution in [0.5, 0.6) is 0 Å². The Balaban J connectivity index is 1.63. The summed E-state index contributed by atoms with van der Waals surface area (Å²) in [6, 6.07) is 11.4. The number of carbonyl (C=O) groups is 1. The number of nitrogens with zero attached hydrogens (tertiary/aromatic N) is 3. The fourth-order valence-electron chi connectivity index (χ4n) is 3.48. The molecule has 0 aliphatic carbocycles. The van der Waals surface area contributed by atoms with Gasteiger partial charge in [0.2, 0.25) is 0 Å². The number of hydrogen-bond donors (Lipinski definition) is 3. The minimum absolute atomic E-state index is 0.133. The number of hydrogen-bond acceptors (Lipinski definition) is 6. The maximum Gasteiger partial charge on any atom is 0.276 e. The Hall–Kier alpha value is -3.19. The molecule has 0 spiro atoms. The van der Waals surface area contributed by atoms with Gasteiger partial charge in [-0.15, -0.1) is 0 Å². The van der Waals surface area contributed by atoms with E-state index in [0.717, 1.165) is 42.5 Å². The second-order valence-electron chi connectivity index (χ2n) is 6.81. The smallest absolute Gasteiger partial charge is 0.276 e. The van der Waals surface area contributed by atoms with E-state index in [2.05, 4.69) is 20.2 Å². The highest BCUT2D eigenvalue weighted by Crippen LogP contribution is 2.28. The summed E-state index contributed by atoms with van der Waals surface area (Å²) in [5, 5.41) is 3.82. The van der Waals surface area contributed by atoms with Crippen molar-refractivity contribution in [3.63, 3.8) is 0 Å². The Morgan fingerprint density at radius 1 is 1.26 bits per heavy atom. The molecule has 1 aliphatic rings. The van der Waals surface area contributed by atoms with Crippen LogP contribution in [0.3, 0.4) is 0 Å². The molecule has 5 N–H and O–H groups in total. The Morgan fingerprint density at radius 3 is 2.96 bits per heavy atom. The van der Waals surface area contributed by atoms with E-state index in [1.165, 1.54) is 0 Å². The number of fused-ring (bicyclic) bond motifs is 1. The first-order valence-corrected chi connectivity index (χ1v) is 9.03. The summed E-state index contributed by atoms with van der Waals surface area (Å²) in [6.07, 6.45) is 5.40. The van der Waals surface area contributed by atoms with Gasteiger partial charge in [0.25, 0.3) is 5.91 Å². The predicted molar refractivity (Wildman–Crippen MR) is 108 cm³/mol. The second-order valence-corrected chi connectivity index (χ2v) is 6.81. The van der Waals surface area contributed by atoms with Crippen molar-refractivity contribution in [2.75, 3.05) is 29.0 Å². The van der Waals surface area contributed by atoms with Crippen molar-refractivity contribution in [3.8, 4) is 0 Å². The molecule has 3 aromatic rings. The average molecular weight is 362 g/mol. The lowest BCUT2D eigenvalue weighted by Gasteiger charge is -2.33. The standard InChI is InChI=1S/C20H22N6O/c21-14-5-3-9-26(12-14)18-7-8-23-11-17(18)25-20(27)19-15(22)10-13-4-1-2-6-16(13)24-19/h1-2,4,6-8,10-11,14H,3,5,9,12,21-22H2,(H,25,27). The highest BCUT2D eigenvalue weighted by molar-refractivity contribution is 6.09. The van der Waals surface area contributed by atoms with E-state index < -0.39 is 0 Å². The molecule has 27 heavy (non-hydrogen) atoms. The molecule has 1 unspecified atom stereocenters. The first-order valence-electron chi connectivity index (χ1n) is 9.03. The maximum absolute atomic E-state index is 12.9. The van der Waals surface area contributed by atoms with Gasteiger partial charge in [-0.1, -0.05) is 18.2 Å². The Labute approximate surface area is 157 Å². The summed E-state index contributed by atoms with van der Waals surface area (Å²) in [5.74, 6) is -0.353. The van der Waals surface area contributed by atoms with E-state index in [-0.39, 0.29) is 17.6 Å². The van der Waals surface area contributed by atoms with Crippen molar-refractivity contribution in [3.05, 3.63) is 54.5 Å². The quantitative estimate of drug-likeness (QED) is 0.660. The van der Waals surface area contributed by atoms with Crippen LogP contribution < -0.4 is 21.7 Å². The molecule has 4 rings (SSSR count). The van der Waals surface area contributed by atoms with E-state index in [9.17, 15) is 4.79 Å². The molecule has 138 valence electrons. The van der Waals surface area contributed by atoms with Crippen LogP contribution in [-0.4, -0.2) is 35.0 Å². The third-order valence-electron chi connectivity index (χ3n) is 4.81. The molecule has 0 bridgehead atoms. The Bertz CT molecular complexity index is 989. The molecule has 1 amide bonds. The molecule has 1 atom stereocenters. The molecule has 3 heterocycles. The minimum Gasteiger partial charge on any atom is -0.397 e. The number of pyridine rings is 2. The van der Waals surface area contributed by atoms with Crippen molar-refractivity contribution < 1.29 is 4.79 Å². The molecular formula is C20H22N6O. The number of carbonyl (C=O) groups excluding carboxylic acids is 1. The molecule has 2 aromatic heterocycles. The number of nitrogens with two attached hydrogens (primary N) is 2. The van der Waals surface area contributed by atoms with E-state index >= 15 is 0 Å². The monoisotopic (exact) mass is 362 g/mol. The van der Waals surface area contributed by atoms with Gasteiger partial charge < -0.3 is 21.7 Å². The first kappa shape index (κ1) is 17.2. The van der Waals surface area contributed by atoms with E-state index in [1.54, 1.807) is 18.5 Å².